The highest BCUT2D eigenvalue weighted by Gasteiger charge is 2.30. The van der Waals surface area contributed by atoms with Crippen LogP contribution in [0.15, 0.2) is 42.6 Å². The highest BCUT2D eigenvalue weighted by molar-refractivity contribution is 6.16. The Bertz CT molecular complexity index is 795. The van der Waals surface area contributed by atoms with Gasteiger partial charge in [-0.1, -0.05) is 18.1 Å². The van der Waals surface area contributed by atoms with Crippen LogP contribution in [0.3, 0.4) is 0 Å². The number of hydrogen-bond acceptors (Lipinski definition) is 4. The summed E-state index contributed by atoms with van der Waals surface area (Å²) in [6.07, 6.45) is 5.96. The van der Waals surface area contributed by atoms with E-state index < -0.39 is 6.09 Å². The summed E-state index contributed by atoms with van der Waals surface area (Å²) in [6, 6.07) is 10.0. The van der Waals surface area contributed by atoms with E-state index in [1.54, 1.807) is 36.4 Å². The number of terminal acetylenes is 1. The molecule has 0 saturated heterocycles. The lowest BCUT2D eigenvalue weighted by Crippen LogP contribution is -2.28. The van der Waals surface area contributed by atoms with Crippen molar-refractivity contribution in [2.45, 2.75) is 0 Å². The largest absolute Gasteiger partial charge is 0.436 e. The van der Waals surface area contributed by atoms with E-state index in [-0.39, 0.29) is 18.3 Å². The summed E-state index contributed by atoms with van der Waals surface area (Å²) in [5.41, 5.74) is 1.15. The van der Waals surface area contributed by atoms with Crippen LogP contribution >= 0.6 is 0 Å². The summed E-state index contributed by atoms with van der Waals surface area (Å²) in [4.78, 5) is 30.1. The molecule has 0 unspecified atom stereocenters. The molecule has 3 rings (SSSR count). The molecule has 1 aliphatic heterocycles. The SMILES string of the molecule is C#CCOC(=O)N1c2ccccc2C(=O)Nc2cccnc21. The Morgan fingerprint density at radius 3 is 2.95 bits per heavy atom. The molecule has 22 heavy (non-hydrogen) atoms. The zero-order valence-corrected chi connectivity index (χ0v) is 11.4. The minimum Gasteiger partial charge on any atom is -0.436 e. The molecule has 0 fully saturated rings. The number of amides is 2. The molecule has 1 aromatic heterocycles. The van der Waals surface area contributed by atoms with Crippen molar-refractivity contribution in [3.05, 3.63) is 48.2 Å². The highest BCUT2D eigenvalue weighted by atomic mass is 16.6. The zero-order valence-electron chi connectivity index (χ0n) is 11.4. The van der Waals surface area contributed by atoms with Crippen LogP contribution in [0, 0.1) is 12.3 Å². The number of anilines is 3. The molecule has 0 aliphatic carbocycles. The van der Waals surface area contributed by atoms with Gasteiger partial charge >= 0.3 is 6.09 Å². The van der Waals surface area contributed by atoms with Crippen molar-refractivity contribution in [2.75, 3.05) is 16.8 Å². The summed E-state index contributed by atoms with van der Waals surface area (Å²) in [7, 11) is 0. The third-order valence-corrected chi connectivity index (χ3v) is 3.10. The van der Waals surface area contributed by atoms with Crippen molar-refractivity contribution in [1.29, 1.82) is 0 Å². The Morgan fingerprint density at radius 2 is 2.14 bits per heavy atom. The molecule has 2 aromatic rings. The molecule has 6 heteroatoms. The van der Waals surface area contributed by atoms with E-state index in [2.05, 4.69) is 16.2 Å². The molecule has 0 saturated carbocycles. The van der Waals surface area contributed by atoms with Crippen LogP contribution in [-0.4, -0.2) is 23.6 Å². The Morgan fingerprint density at radius 1 is 1.32 bits per heavy atom. The second-order valence-corrected chi connectivity index (χ2v) is 4.44. The standard InChI is InChI=1S/C16H11N3O3/c1-2-10-22-16(21)19-13-8-4-3-6-11(13)15(20)18-12-7-5-9-17-14(12)19/h1,3-9H,10H2,(H,18,20). The topological polar surface area (TPSA) is 71.5 Å². The normalized spacial score (nSPS) is 12.3. The van der Waals surface area contributed by atoms with Gasteiger partial charge in [-0.15, -0.1) is 6.42 Å². The number of nitrogens with zero attached hydrogens (tertiary/aromatic N) is 2. The van der Waals surface area contributed by atoms with Crippen LogP contribution in [0.2, 0.25) is 0 Å². The highest BCUT2D eigenvalue weighted by Crippen LogP contribution is 2.36. The smallest absolute Gasteiger partial charge is 0.421 e. The summed E-state index contributed by atoms with van der Waals surface area (Å²) in [5, 5.41) is 2.73. The molecule has 0 bridgehead atoms. The average molecular weight is 293 g/mol. The number of carbonyl (C=O) groups is 2. The van der Waals surface area contributed by atoms with Gasteiger partial charge in [0.1, 0.15) is 0 Å². The molecular formula is C16H11N3O3. The van der Waals surface area contributed by atoms with Crippen LogP contribution in [0.25, 0.3) is 0 Å². The van der Waals surface area contributed by atoms with Gasteiger partial charge in [-0.25, -0.2) is 14.7 Å². The number of ether oxygens (including phenoxy) is 1. The van der Waals surface area contributed by atoms with Gasteiger partial charge in [-0.05, 0) is 24.3 Å². The second kappa shape index (κ2) is 5.58. The van der Waals surface area contributed by atoms with Gasteiger partial charge in [0.05, 0.1) is 16.9 Å². The Balaban J connectivity index is 2.18. The monoisotopic (exact) mass is 293 g/mol. The molecule has 108 valence electrons. The van der Waals surface area contributed by atoms with E-state index >= 15 is 0 Å². The first-order chi connectivity index (χ1) is 10.7. The molecule has 1 aromatic carbocycles. The minimum absolute atomic E-state index is 0.166. The number of carbonyl (C=O) groups excluding carboxylic acids is 2. The summed E-state index contributed by atoms with van der Waals surface area (Å²) in [5.74, 6) is 2.20. The average Bonchev–Trinajstić information content (AvgIpc) is 2.67. The van der Waals surface area contributed by atoms with E-state index in [1.165, 1.54) is 11.1 Å². The zero-order chi connectivity index (χ0) is 15.5. The lowest BCUT2D eigenvalue weighted by molar-refractivity contribution is 0.102. The number of benzene rings is 1. The first kappa shape index (κ1) is 13.6. The van der Waals surface area contributed by atoms with Crippen LogP contribution < -0.4 is 10.2 Å². The summed E-state index contributed by atoms with van der Waals surface area (Å²) >= 11 is 0. The van der Waals surface area contributed by atoms with E-state index in [1.807, 2.05) is 0 Å². The number of aromatic nitrogens is 1. The second-order valence-electron chi connectivity index (χ2n) is 4.44. The quantitative estimate of drug-likeness (QED) is 0.820. The third-order valence-electron chi connectivity index (χ3n) is 3.10. The maximum Gasteiger partial charge on any atom is 0.421 e. The van der Waals surface area contributed by atoms with Gasteiger partial charge in [-0.3, -0.25) is 4.79 Å². The first-order valence-corrected chi connectivity index (χ1v) is 6.48. The molecule has 0 atom stereocenters. The predicted octanol–water partition coefficient (Wildman–Crippen LogP) is 2.56. The lowest BCUT2D eigenvalue weighted by Gasteiger charge is -2.21. The molecule has 1 N–H and O–H groups in total. The number of pyridine rings is 1. The summed E-state index contributed by atoms with van der Waals surface area (Å²) in [6.45, 7) is -0.166. The Labute approximate surface area is 126 Å². The van der Waals surface area contributed by atoms with Crippen molar-refractivity contribution in [1.82, 2.24) is 4.98 Å². The number of rotatable bonds is 1. The molecular weight excluding hydrogens is 282 g/mol. The van der Waals surface area contributed by atoms with Crippen LogP contribution in [0.4, 0.5) is 22.0 Å². The fourth-order valence-corrected chi connectivity index (χ4v) is 2.19. The van der Waals surface area contributed by atoms with Gasteiger partial charge in [0, 0.05) is 6.20 Å². The molecule has 0 spiro atoms. The van der Waals surface area contributed by atoms with Gasteiger partial charge < -0.3 is 10.1 Å². The van der Waals surface area contributed by atoms with Crippen molar-refractivity contribution >= 4 is 29.2 Å². The van der Waals surface area contributed by atoms with E-state index in [0.29, 0.717) is 16.9 Å². The van der Waals surface area contributed by atoms with Crippen molar-refractivity contribution in [3.8, 4) is 12.3 Å². The van der Waals surface area contributed by atoms with Crippen molar-refractivity contribution in [2.24, 2.45) is 0 Å². The van der Waals surface area contributed by atoms with Crippen molar-refractivity contribution in [3.63, 3.8) is 0 Å². The number of hydrogen-bond donors (Lipinski definition) is 1. The number of para-hydroxylation sites is 1. The fraction of sp³-hybridized carbons (Fsp3) is 0.0625. The number of fused-ring (bicyclic) bond motifs is 2. The van der Waals surface area contributed by atoms with Crippen LogP contribution in [0.1, 0.15) is 10.4 Å². The lowest BCUT2D eigenvalue weighted by atomic mass is 10.1. The summed E-state index contributed by atoms with van der Waals surface area (Å²) < 4.78 is 5.01. The predicted molar refractivity (Wildman–Crippen MR) is 81.0 cm³/mol. The third kappa shape index (κ3) is 2.25. The van der Waals surface area contributed by atoms with E-state index in [0.717, 1.165) is 0 Å². The fourth-order valence-electron chi connectivity index (χ4n) is 2.19. The molecule has 2 amide bonds. The van der Waals surface area contributed by atoms with E-state index in [4.69, 9.17) is 11.2 Å². The minimum atomic E-state index is -0.693. The number of nitrogens with one attached hydrogen (secondary N) is 1. The molecule has 2 heterocycles. The molecule has 6 nitrogen and oxygen atoms in total. The van der Waals surface area contributed by atoms with Crippen LogP contribution in [0.5, 0.6) is 0 Å². The maximum absolute atomic E-state index is 12.4. The van der Waals surface area contributed by atoms with Gasteiger partial charge in [0.15, 0.2) is 12.4 Å². The van der Waals surface area contributed by atoms with Crippen LogP contribution in [-0.2, 0) is 4.74 Å². The van der Waals surface area contributed by atoms with Gasteiger partial charge in [-0.2, -0.15) is 0 Å². The molecule has 0 radical (unpaired) electrons. The maximum atomic E-state index is 12.4. The van der Waals surface area contributed by atoms with Crippen molar-refractivity contribution < 1.29 is 14.3 Å². The van der Waals surface area contributed by atoms with Gasteiger partial charge in [0.25, 0.3) is 5.91 Å². The Hall–Kier alpha value is -3.33. The first-order valence-electron chi connectivity index (χ1n) is 6.48. The van der Waals surface area contributed by atoms with Gasteiger partial charge in [0.2, 0.25) is 0 Å². The Kier molecular flexibility index (Phi) is 3.46. The van der Waals surface area contributed by atoms with E-state index in [9.17, 15) is 9.59 Å². The molecule has 1 aliphatic rings.